The summed E-state index contributed by atoms with van der Waals surface area (Å²) in [5, 5.41) is 8.87. The minimum absolute atomic E-state index is 0.0438. The maximum atomic E-state index is 12.7. The summed E-state index contributed by atoms with van der Waals surface area (Å²) < 4.78 is 2.28. The molecule has 0 spiro atoms. The van der Waals surface area contributed by atoms with Crippen molar-refractivity contribution in [2.24, 2.45) is 0 Å². The number of anilines is 1. The highest BCUT2D eigenvalue weighted by Crippen LogP contribution is 2.33. The zero-order valence-electron chi connectivity index (χ0n) is 19.1. The van der Waals surface area contributed by atoms with Crippen LogP contribution in [0.4, 0.5) is 5.69 Å². The highest BCUT2D eigenvalue weighted by Gasteiger charge is 2.27. The van der Waals surface area contributed by atoms with Gasteiger partial charge in [-0.15, -0.1) is 0 Å². The maximum Gasteiger partial charge on any atom is 0.260 e. The predicted molar refractivity (Wildman–Crippen MR) is 140 cm³/mol. The highest BCUT2D eigenvalue weighted by molar-refractivity contribution is 8.05. The van der Waals surface area contributed by atoms with Crippen molar-refractivity contribution in [2.45, 2.75) is 32.7 Å². The van der Waals surface area contributed by atoms with E-state index in [0.29, 0.717) is 0 Å². The molecule has 2 heterocycles. The Balaban J connectivity index is 1.42. The summed E-state index contributed by atoms with van der Waals surface area (Å²) in [5.41, 5.74) is 6.60. The van der Waals surface area contributed by atoms with Crippen LogP contribution in [0.1, 0.15) is 29.4 Å². The molecule has 1 fully saturated rings. The first-order chi connectivity index (χ1) is 16.0. The lowest BCUT2D eigenvalue weighted by molar-refractivity contribution is -0.116. The molecule has 166 valence electrons. The smallest absolute Gasteiger partial charge is 0.260 e. The lowest BCUT2D eigenvalue weighted by Crippen LogP contribution is -2.30. The summed E-state index contributed by atoms with van der Waals surface area (Å²) in [6, 6.07) is 25.3. The first kappa shape index (κ1) is 21.4. The van der Waals surface area contributed by atoms with Crippen LogP contribution in [0.25, 0.3) is 22.5 Å². The molecule has 1 aliphatic heterocycles. The van der Waals surface area contributed by atoms with E-state index in [-0.39, 0.29) is 11.4 Å². The minimum Gasteiger partial charge on any atom is -0.357 e. The number of nitrogens with zero attached hydrogens (tertiary/aromatic N) is 1. The van der Waals surface area contributed by atoms with Gasteiger partial charge in [-0.1, -0.05) is 67.2 Å². The molecule has 4 nitrogen and oxygen atoms in total. The summed E-state index contributed by atoms with van der Waals surface area (Å²) in [5.74, 6) is -0.0438. The van der Waals surface area contributed by atoms with Gasteiger partial charge in [-0.3, -0.25) is 4.79 Å². The van der Waals surface area contributed by atoms with Gasteiger partial charge in [-0.2, -0.15) is 0 Å². The molecule has 1 aliphatic rings. The van der Waals surface area contributed by atoms with Gasteiger partial charge in [0, 0.05) is 22.5 Å². The lowest BCUT2D eigenvalue weighted by Gasteiger charge is -2.13. The summed E-state index contributed by atoms with van der Waals surface area (Å²) >= 11 is 1.52. The van der Waals surface area contributed by atoms with Crippen molar-refractivity contribution in [3.05, 3.63) is 100 Å². The maximum absolute atomic E-state index is 12.7. The Hall–Kier alpha value is -3.44. The molecule has 0 saturated carbocycles. The normalized spacial score (nSPS) is 17.0. The SMILES string of the molecule is CCc1ccc(N[C@H]2NC(=O)/C(=C/c3cc(C)n(-c4cccc5ccccc45)c3C)S2)cc1. The number of amides is 1. The van der Waals surface area contributed by atoms with E-state index in [4.69, 9.17) is 0 Å². The Morgan fingerprint density at radius 2 is 1.79 bits per heavy atom. The van der Waals surface area contributed by atoms with E-state index in [0.717, 1.165) is 39.7 Å². The van der Waals surface area contributed by atoms with Crippen LogP contribution < -0.4 is 10.6 Å². The molecule has 4 aromatic rings. The average Bonchev–Trinajstić information content (AvgIpc) is 3.31. The third kappa shape index (κ3) is 4.16. The number of fused-ring (bicyclic) bond motifs is 1. The van der Waals surface area contributed by atoms with E-state index in [9.17, 15) is 4.79 Å². The first-order valence-electron chi connectivity index (χ1n) is 11.3. The molecule has 3 aromatic carbocycles. The Labute approximate surface area is 198 Å². The number of thioether (sulfide) groups is 1. The molecule has 33 heavy (non-hydrogen) atoms. The molecule has 1 atom stereocenters. The molecule has 1 saturated heterocycles. The van der Waals surface area contributed by atoms with Gasteiger partial charge in [-0.05, 0) is 67.1 Å². The minimum atomic E-state index is -0.183. The van der Waals surface area contributed by atoms with Crippen molar-refractivity contribution in [1.29, 1.82) is 0 Å². The van der Waals surface area contributed by atoms with Gasteiger partial charge in [-0.25, -0.2) is 0 Å². The Bertz CT molecular complexity index is 1360. The Kier molecular flexibility index (Phi) is 5.73. The van der Waals surface area contributed by atoms with Crippen LogP contribution >= 0.6 is 11.8 Å². The highest BCUT2D eigenvalue weighted by atomic mass is 32.2. The Morgan fingerprint density at radius 3 is 2.58 bits per heavy atom. The van der Waals surface area contributed by atoms with Crippen molar-refractivity contribution >= 4 is 40.2 Å². The predicted octanol–water partition coefficient (Wildman–Crippen LogP) is 6.41. The monoisotopic (exact) mass is 453 g/mol. The van der Waals surface area contributed by atoms with Gasteiger partial charge in [0.15, 0.2) is 5.50 Å². The number of aromatic nitrogens is 1. The standard InChI is InChI=1S/C28H27N3OS/c1-4-20-12-14-23(15-13-20)29-28-30-27(32)26(33-28)17-22-16-18(2)31(19(22)3)25-11-7-9-21-8-5-6-10-24(21)25/h5-17,28-29H,4H2,1-3H3,(H,30,32)/b26-17-/t28-/m0/s1. The fourth-order valence-electron chi connectivity index (χ4n) is 4.40. The first-order valence-corrected chi connectivity index (χ1v) is 12.1. The summed E-state index contributed by atoms with van der Waals surface area (Å²) in [7, 11) is 0. The summed E-state index contributed by atoms with van der Waals surface area (Å²) in [4.78, 5) is 13.4. The van der Waals surface area contributed by atoms with Crippen LogP contribution in [0, 0.1) is 13.8 Å². The van der Waals surface area contributed by atoms with Gasteiger partial charge in [0.2, 0.25) is 0 Å². The molecule has 1 aromatic heterocycles. The molecule has 0 radical (unpaired) electrons. The van der Waals surface area contributed by atoms with Gasteiger partial charge >= 0.3 is 0 Å². The van der Waals surface area contributed by atoms with Gasteiger partial charge in [0.1, 0.15) is 0 Å². The van der Waals surface area contributed by atoms with E-state index in [2.05, 4.69) is 109 Å². The van der Waals surface area contributed by atoms with Crippen molar-refractivity contribution in [3.8, 4) is 5.69 Å². The second-order valence-corrected chi connectivity index (χ2v) is 9.48. The zero-order valence-corrected chi connectivity index (χ0v) is 19.9. The third-order valence-corrected chi connectivity index (χ3v) is 7.18. The number of aryl methyl sites for hydroxylation is 2. The van der Waals surface area contributed by atoms with E-state index in [1.165, 1.54) is 28.1 Å². The number of benzene rings is 3. The molecule has 5 rings (SSSR count). The van der Waals surface area contributed by atoms with Crippen LogP contribution in [-0.2, 0) is 11.2 Å². The third-order valence-electron chi connectivity index (χ3n) is 6.16. The van der Waals surface area contributed by atoms with E-state index in [1.807, 2.05) is 6.08 Å². The number of hydrogen-bond acceptors (Lipinski definition) is 3. The number of carbonyl (C=O) groups excluding carboxylic acids is 1. The molecule has 0 unspecified atom stereocenters. The topological polar surface area (TPSA) is 46.1 Å². The average molecular weight is 454 g/mol. The lowest BCUT2D eigenvalue weighted by atomic mass is 10.1. The van der Waals surface area contributed by atoms with E-state index >= 15 is 0 Å². The van der Waals surface area contributed by atoms with Crippen LogP contribution in [-0.4, -0.2) is 16.0 Å². The van der Waals surface area contributed by atoms with Crippen LogP contribution in [0.3, 0.4) is 0 Å². The quantitative estimate of drug-likeness (QED) is 0.343. The molecule has 5 heteroatoms. The van der Waals surface area contributed by atoms with E-state index < -0.39 is 0 Å². The molecule has 0 bridgehead atoms. The second-order valence-electron chi connectivity index (χ2n) is 8.33. The molecule has 0 aliphatic carbocycles. The number of carbonyl (C=O) groups is 1. The molecule has 1 amide bonds. The number of hydrogen-bond donors (Lipinski definition) is 2. The number of nitrogens with one attached hydrogen (secondary N) is 2. The number of rotatable bonds is 5. The van der Waals surface area contributed by atoms with Crippen LogP contribution in [0.5, 0.6) is 0 Å². The fraction of sp³-hybridized carbons (Fsp3) is 0.179. The summed E-state index contributed by atoms with van der Waals surface area (Å²) in [6.07, 6.45) is 3.02. The molecule has 2 N–H and O–H groups in total. The van der Waals surface area contributed by atoms with Crippen molar-refractivity contribution in [3.63, 3.8) is 0 Å². The molecular formula is C28H27N3OS. The molecular weight excluding hydrogens is 426 g/mol. The van der Waals surface area contributed by atoms with Crippen LogP contribution in [0.15, 0.2) is 77.7 Å². The van der Waals surface area contributed by atoms with Gasteiger partial charge < -0.3 is 15.2 Å². The van der Waals surface area contributed by atoms with Crippen LogP contribution in [0.2, 0.25) is 0 Å². The largest absolute Gasteiger partial charge is 0.357 e. The van der Waals surface area contributed by atoms with Gasteiger partial charge in [0.05, 0.1) is 10.6 Å². The van der Waals surface area contributed by atoms with Gasteiger partial charge in [0.25, 0.3) is 5.91 Å². The van der Waals surface area contributed by atoms with E-state index in [1.54, 1.807) is 0 Å². The second kappa shape index (κ2) is 8.83. The van der Waals surface area contributed by atoms with Crippen molar-refractivity contribution in [1.82, 2.24) is 9.88 Å². The zero-order chi connectivity index (χ0) is 22.9. The van der Waals surface area contributed by atoms with Crippen molar-refractivity contribution < 1.29 is 4.79 Å². The fourth-order valence-corrected chi connectivity index (χ4v) is 5.38. The Morgan fingerprint density at radius 1 is 1.03 bits per heavy atom. The summed E-state index contributed by atoms with van der Waals surface area (Å²) in [6.45, 7) is 6.37. The van der Waals surface area contributed by atoms with Crippen molar-refractivity contribution in [2.75, 3.05) is 5.32 Å².